The molecule has 0 fully saturated rings. The van der Waals surface area contributed by atoms with Gasteiger partial charge in [0.15, 0.2) is 5.82 Å². The predicted octanol–water partition coefficient (Wildman–Crippen LogP) is 5.74. The topological polar surface area (TPSA) is 100 Å². The highest BCUT2D eigenvalue weighted by Crippen LogP contribution is 2.35. The van der Waals surface area contributed by atoms with Crippen LogP contribution in [0, 0.1) is 0 Å². The van der Waals surface area contributed by atoms with Crippen LogP contribution in [-0.2, 0) is 10.2 Å². The largest absolute Gasteiger partial charge is 0.480 e. The molecule has 1 aromatic heterocycles. The number of aromatic carboxylic acids is 1. The van der Waals surface area contributed by atoms with Crippen molar-refractivity contribution >= 4 is 11.9 Å². The van der Waals surface area contributed by atoms with Crippen LogP contribution in [0.4, 0.5) is 0 Å². The molecule has 5 rings (SSSR count). The molecule has 1 heterocycles. The van der Waals surface area contributed by atoms with Gasteiger partial charge in [0.2, 0.25) is 0 Å². The van der Waals surface area contributed by atoms with Gasteiger partial charge in [-0.15, -0.1) is 0 Å². The van der Waals surface area contributed by atoms with Gasteiger partial charge >= 0.3 is 11.9 Å². The van der Waals surface area contributed by atoms with Crippen LogP contribution in [0.2, 0.25) is 0 Å². The Bertz CT molecular complexity index is 1440. The average molecular weight is 475 g/mol. The number of aliphatic carboxylic acids is 1. The zero-order valence-corrected chi connectivity index (χ0v) is 19.2. The van der Waals surface area contributed by atoms with Crippen molar-refractivity contribution < 1.29 is 19.8 Å². The van der Waals surface area contributed by atoms with Gasteiger partial charge in [0.25, 0.3) is 0 Å². The second-order valence-electron chi connectivity index (χ2n) is 8.58. The van der Waals surface area contributed by atoms with Gasteiger partial charge in [0.05, 0.1) is 5.56 Å². The van der Waals surface area contributed by atoms with E-state index in [-0.39, 0.29) is 11.5 Å². The number of carboxylic acids is 2. The van der Waals surface area contributed by atoms with Crippen LogP contribution < -0.4 is 0 Å². The molecule has 0 saturated carbocycles. The molecule has 2 N–H and O–H groups in total. The molecule has 36 heavy (non-hydrogen) atoms. The zero-order chi connectivity index (χ0) is 25.1. The fraction of sp³-hybridized carbons (Fsp3) is 0.0667. The number of aromatic nitrogens is 2. The Morgan fingerprint density at radius 2 is 1.22 bits per heavy atom. The zero-order valence-electron chi connectivity index (χ0n) is 19.2. The number of rotatable bonds is 6. The monoisotopic (exact) mass is 474 g/mol. The number of hydrogen-bond donors (Lipinski definition) is 2. The molecule has 0 spiro atoms. The van der Waals surface area contributed by atoms with Crippen molar-refractivity contribution in [2.45, 2.75) is 11.3 Å². The van der Waals surface area contributed by atoms with E-state index in [2.05, 4.69) is 9.97 Å². The summed E-state index contributed by atoms with van der Waals surface area (Å²) in [7, 11) is 0. The molecule has 6 heteroatoms. The van der Waals surface area contributed by atoms with Gasteiger partial charge in [-0.05, 0) is 28.8 Å². The van der Waals surface area contributed by atoms with Crippen molar-refractivity contribution in [2.24, 2.45) is 0 Å². The SMILES string of the molecule is O=C(O)c1ccc(-c2ccc(-c3ncc(C4(C(=O)O)C=CC(c5ccccc5)C=C4)cn3)cc2)cc1. The average Bonchev–Trinajstić information content (AvgIpc) is 2.94. The first-order valence-electron chi connectivity index (χ1n) is 11.4. The molecule has 0 saturated heterocycles. The van der Waals surface area contributed by atoms with E-state index in [0.29, 0.717) is 11.4 Å². The quantitative estimate of drug-likeness (QED) is 0.346. The number of hydrogen-bond acceptors (Lipinski definition) is 4. The maximum absolute atomic E-state index is 12.3. The van der Waals surface area contributed by atoms with Crippen LogP contribution >= 0.6 is 0 Å². The maximum atomic E-state index is 12.3. The fourth-order valence-corrected chi connectivity index (χ4v) is 4.29. The van der Waals surface area contributed by atoms with Crippen molar-refractivity contribution in [2.75, 3.05) is 0 Å². The number of benzene rings is 3. The summed E-state index contributed by atoms with van der Waals surface area (Å²) in [6.45, 7) is 0. The Balaban J connectivity index is 1.37. The summed E-state index contributed by atoms with van der Waals surface area (Å²) in [5, 5.41) is 19.1. The molecule has 1 aliphatic carbocycles. The van der Waals surface area contributed by atoms with Gasteiger partial charge in [-0.1, -0.05) is 91.0 Å². The van der Waals surface area contributed by atoms with E-state index in [9.17, 15) is 14.7 Å². The van der Waals surface area contributed by atoms with Gasteiger partial charge in [-0.2, -0.15) is 0 Å². The fourth-order valence-electron chi connectivity index (χ4n) is 4.29. The summed E-state index contributed by atoms with van der Waals surface area (Å²) < 4.78 is 0. The van der Waals surface area contributed by atoms with Gasteiger partial charge in [0, 0.05) is 29.4 Å². The Hall–Kier alpha value is -4.84. The second-order valence-corrected chi connectivity index (χ2v) is 8.58. The van der Waals surface area contributed by atoms with Gasteiger partial charge in [-0.25, -0.2) is 14.8 Å². The first kappa shape index (κ1) is 22.9. The number of nitrogens with zero attached hydrogens (tertiary/aromatic N) is 2. The summed E-state index contributed by atoms with van der Waals surface area (Å²) in [5.74, 6) is -1.45. The van der Waals surface area contributed by atoms with Crippen LogP contribution in [-0.4, -0.2) is 32.1 Å². The molecule has 0 unspecified atom stereocenters. The van der Waals surface area contributed by atoms with Crippen LogP contribution in [0.3, 0.4) is 0 Å². The highest BCUT2D eigenvalue weighted by Gasteiger charge is 2.38. The lowest BCUT2D eigenvalue weighted by molar-refractivity contribution is -0.140. The Kier molecular flexibility index (Phi) is 6.00. The molecule has 176 valence electrons. The second kappa shape index (κ2) is 9.43. The smallest absolute Gasteiger partial charge is 0.335 e. The molecule has 0 radical (unpaired) electrons. The molecule has 0 bridgehead atoms. The molecule has 4 aromatic rings. The van der Waals surface area contributed by atoms with E-state index >= 15 is 0 Å². The van der Waals surface area contributed by atoms with E-state index < -0.39 is 17.4 Å². The van der Waals surface area contributed by atoms with E-state index in [0.717, 1.165) is 22.3 Å². The minimum Gasteiger partial charge on any atom is -0.480 e. The standard InChI is InChI=1S/C30H22N2O4/c33-28(34)25-12-8-22(9-13-25)21-6-10-24(11-7-21)27-31-18-26(19-32-27)30(29(35)36)16-14-23(15-17-30)20-4-2-1-3-5-20/h1-19,23H,(H,33,34)(H,35,36). The first-order chi connectivity index (χ1) is 17.5. The first-order valence-corrected chi connectivity index (χ1v) is 11.4. The highest BCUT2D eigenvalue weighted by atomic mass is 16.4. The molecule has 3 aromatic carbocycles. The summed E-state index contributed by atoms with van der Waals surface area (Å²) in [4.78, 5) is 32.3. The van der Waals surface area contributed by atoms with Gasteiger partial charge < -0.3 is 10.2 Å². The number of carbonyl (C=O) groups is 2. The molecule has 0 amide bonds. The Morgan fingerprint density at radius 3 is 1.75 bits per heavy atom. The molecule has 0 atom stereocenters. The lowest BCUT2D eigenvalue weighted by Gasteiger charge is -2.27. The van der Waals surface area contributed by atoms with Crippen molar-refractivity contribution in [3.63, 3.8) is 0 Å². The minimum absolute atomic E-state index is 0.0118. The molecular formula is C30H22N2O4. The van der Waals surface area contributed by atoms with Crippen LogP contribution in [0.5, 0.6) is 0 Å². The normalized spacial score (nSPS) is 18.6. The minimum atomic E-state index is -1.32. The van der Waals surface area contributed by atoms with Crippen LogP contribution in [0.25, 0.3) is 22.5 Å². The van der Waals surface area contributed by atoms with E-state index in [1.54, 1.807) is 48.8 Å². The van der Waals surface area contributed by atoms with Crippen molar-refractivity contribution in [3.05, 3.63) is 132 Å². The van der Waals surface area contributed by atoms with Crippen molar-refractivity contribution in [1.82, 2.24) is 9.97 Å². The third kappa shape index (κ3) is 4.32. The van der Waals surface area contributed by atoms with E-state index in [1.165, 1.54) is 0 Å². The Morgan fingerprint density at radius 1 is 0.694 bits per heavy atom. The summed E-state index contributed by atoms with van der Waals surface area (Å²) in [6, 6.07) is 24.2. The molecule has 0 aliphatic heterocycles. The third-order valence-corrected chi connectivity index (χ3v) is 6.41. The molecular weight excluding hydrogens is 452 g/mol. The molecule has 1 aliphatic rings. The number of allylic oxidation sites excluding steroid dienone is 2. The van der Waals surface area contributed by atoms with E-state index in [1.807, 2.05) is 66.7 Å². The lowest BCUT2D eigenvalue weighted by Crippen LogP contribution is -2.33. The van der Waals surface area contributed by atoms with Crippen molar-refractivity contribution in [3.8, 4) is 22.5 Å². The highest BCUT2D eigenvalue weighted by molar-refractivity contribution is 5.88. The van der Waals surface area contributed by atoms with Crippen LogP contribution in [0.1, 0.15) is 27.4 Å². The number of carboxylic acid groups (broad SMARTS) is 2. The van der Waals surface area contributed by atoms with Gasteiger partial charge in [0.1, 0.15) is 5.41 Å². The van der Waals surface area contributed by atoms with Gasteiger partial charge in [-0.3, -0.25) is 4.79 Å². The lowest BCUT2D eigenvalue weighted by atomic mass is 9.76. The maximum Gasteiger partial charge on any atom is 0.335 e. The summed E-state index contributed by atoms with van der Waals surface area (Å²) in [6.07, 6.45) is 10.3. The summed E-state index contributed by atoms with van der Waals surface area (Å²) >= 11 is 0. The predicted molar refractivity (Wildman–Crippen MR) is 137 cm³/mol. The third-order valence-electron chi connectivity index (χ3n) is 6.41. The van der Waals surface area contributed by atoms with E-state index in [4.69, 9.17) is 5.11 Å². The summed E-state index contributed by atoms with van der Waals surface area (Å²) in [5.41, 5.74) is 3.11. The Labute approximate surface area is 207 Å². The van der Waals surface area contributed by atoms with Crippen molar-refractivity contribution in [1.29, 1.82) is 0 Å². The molecule has 6 nitrogen and oxygen atoms in total. The van der Waals surface area contributed by atoms with Crippen LogP contribution in [0.15, 0.2) is 116 Å².